The van der Waals surface area contributed by atoms with Crippen molar-refractivity contribution < 1.29 is 0 Å². The van der Waals surface area contributed by atoms with E-state index in [1.165, 1.54) is 38.0 Å². The van der Waals surface area contributed by atoms with E-state index in [2.05, 4.69) is 27.9 Å². The predicted molar refractivity (Wildman–Crippen MR) is 58.0 cm³/mol. The Bertz CT molecular complexity index is 274. The fraction of sp³-hybridized carbons (Fsp3) is 0.636. The smallest absolute Gasteiger partial charge is 0.0347 e. The molecule has 1 aliphatic rings. The second-order valence-electron chi connectivity index (χ2n) is 4.01. The Balaban J connectivity index is 1.79. The summed E-state index contributed by atoms with van der Waals surface area (Å²) in [6, 6.07) is 2.10. The average Bonchev–Trinajstić information content (AvgIpc) is 2.86. The number of likely N-dealkylation sites (tertiary alicyclic amines) is 1. The first-order valence-electron chi connectivity index (χ1n) is 5.45. The SMILES string of the molecule is NCc1ccn(CCN2CCCC2)c1. The molecule has 1 aliphatic heterocycles. The van der Waals surface area contributed by atoms with Crippen LogP contribution in [0.4, 0.5) is 0 Å². The summed E-state index contributed by atoms with van der Waals surface area (Å²) in [5, 5.41) is 0. The third kappa shape index (κ3) is 2.36. The van der Waals surface area contributed by atoms with Crippen LogP contribution >= 0.6 is 0 Å². The predicted octanol–water partition coefficient (Wildman–Crippen LogP) is 1.04. The van der Waals surface area contributed by atoms with Gasteiger partial charge in [0, 0.05) is 32.0 Å². The molecule has 0 aliphatic carbocycles. The first kappa shape index (κ1) is 9.74. The van der Waals surface area contributed by atoms with E-state index in [1.807, 2.05) is 0 Å². The summed E-state index contributed by atoms with van der Waals surface area (Å²) in [4.78, 5) is 2.53. The zero-order chi connectivity index (χ0) is 9.80. The van der Waals surface area contributed by atoms with Crippen molar-refractivity contribution in [3.8, 4) is 0 Å². The average molecular weight is 193 g/mol. The molecule has 0 aromatic carbocycles. The maximum absolute atomic E-state index is 5.56. The summed E-state index contributed by atoms with van der Waals surface area (Å²) in [5.41, 5.74) is 6.79. The van der Waals surface area contributed by atoms with Gasteiger partial charge in [-0.1, -0.05) is 0 Å². The summed E-state index contributed by atoms with van der Waals surface area (Å²) in [6.45, 7) is 5.49. The van der Waals surface area contributed by atoms with Crippen molar-refractivity contribution in [1.82, 2.24) is 9.47 Å². The van der Waals surface area contributed by atoms with Gasteiger partial charge < -0.3 is 15.2 Å². The van der Waals surface area contributed by atoms with E-state index in [4.69, 9.17) is 5.73 Å². The van der Waals surface area contributed by atoms with E-state index in [0.29, 0.717) is 6.54 Å². The molecule has 0 spiro atoms. The van der Waals surface area contributed by atoms with Gasteiger partial charge in [-0.3, -0.25) is 0 Å². The summed E-state index contributed by atoms with van der Waals surface area (Å²) in [7, 11) is 0. The molecular formula is C11H19N3. The van der Waals surface area contributed by atoms with Crippen LogP contribution in [0, 0.1) is 0 Å². The number of aromatic nitrogens is 1. The Hall–Kier alpha value is -0.800. The lowest BCUT2D eigenvalue weighted by Crippen LogP contribution is -2.23. The minimum atomic E-state index is 0.650. The van der Waals surface area contributed by atoms with Crippen molar-refractivity contribution in [1.29, 1.82) is 0 Å². The van der Waals surface area contributed by atoms with E-state index in [1.54, 1.807) is 0 Å². The highest BCUT2D eigenvalue weighted by molar-refractivity contribution is 5.09. The summed E-state index contributed by atoms with van der Waals surface area (Å²) < 4.78 is 2.24. The van der Waals surface area contributed by atoms with Crippen LogP contribution in [0.15, 0.2) is 18.5 Å². The van der Waals surface area contributed by atoms with Crippen LogP contribution in [-0.4, -0.2) is 29.1 Å². The summed E-state index contributed by atoms with van der Waals surface area (Å²) >= 11 is 0. The molecule has 1 aromatic heterocycles. The van der Waals surface area contributed by atoms with Crippen LogP contribution in [-0.2, 0) is 13.1 Å². The number of rotatable bonds is 4. The van der Waals surface area contributed by atoms with E-state index in [-0.39, 0.29) is 0 Å². The van der Waals surface area contributed by atoms with Crippen molar-refractivity contribution in [2.45, 2.75) is 25.9 Å². The third-order valence-electron chi connectivity index (χ3n) is 2.92. The van der Waals surface area contributed by atoms with Crippen molar-refractivity contribution >= 4 is 0 Å². The Morgan fingerprint density at radius 3 is 2.64 bits per heavy atom. The number of hydrogen-bond acceptors (Lipinski definition) is 2. The summed E-state index contributed by atoms with van der Waals surface area (Å²) in [5.74, 6) is 0. The van der Waals surface area contributed by atoms with Gasteiger partial charge in [0.1, 0.15) is 0 Å². The van der Waals surface area contributed by atoms with Crippen LogP contribution in [0.25, 0.3) is 0 Å². The second kappa shape index (κ2) is 4.62. The molecule has 3 nitrogen and oxygen atoms in total. The standard InChI is InChI=1S/C11H19N3/c12-9-11-3-6-14(10-11)8-7-13-4-1-2-5-13/h3,6,10H,1-2,4-5,7-9,12H2. The van der Waals surface area contributed by atoms with Crippen LogP contribution in [0.2, 0.25) is 0 Å². The molecule has 0 radical (unpaired) electrons. The zero-order valence-electron chi connectivity index (χ0n) is 8.65. The molecule has 1 fully saturated rings. The maximum Gasteiger partial charge on any atom is 0.0347 e. The van der Waals surface area contributed by atoms with Gasteiger partial charge in [0.05, 0.1) is 0 Å². The van der Waals surface area contributed by atoms with Gasteiger partial charge in [-0.05, 0) is 37.6 Å². The lowest BCUT2D eigenvalue weighted by molar-refractivity contribution is 0.322. The van der Waals surface area contributed by atoms with Crippen molar-refractivity contribution in [2.24, 2.45) is 5.73 Å². The van der Waals surface area contributed by atoms with E-state index >= 15 is 0 Å². The van der Waals surface area contributed by atoms with Crippen LogP contribution in [0.1, 0.15) is 18.4 Å². The molecule has 14 heavy (non-hydrogen) atoms. The molecule has 1 saturated heterocycles. The van der Waals surface area contributed by atoms with Crippen molar-refractivity contribution in [3.05, 3.63) is 24.0 Å². The van der Waals surface area contributed by atoms with Crippen LogP contribution in [0.5, 0.6) is 0 Å². The monoisotopic (exact) mass is 193 g/mol. The Labute approximate surface area is 85.5 Å². The quantitative estimate of drug-likeness (QED) is 0.775. The van der Waals surface area contributed by atoms with E-state index < -0.39 is 0 Å². The molecule has 0 amide bonds. The van der Waals surface area contributed by atoms with Crippen molar-refractivity contribution in [3.63, 3.8) is 0 Å². The third-order valence-corrected chi connectivity index (χ3v) is 2.92. The first-order chi connectivity index (χ1) is 6.88. The normalized spacial score (nSPS) is 17.8. The molecule has 78 valence electrons. The van der Waals surface area contributed by atoms with Crippen LogP contribution < -0.4 is 5.73 Å². The molecule has 2 N–H and O–H groups in total. The first-order valence-corrected chi connectivity index (χ1v) is 5.45. The van der Waals surface area contributed by atoms with Crippen LogP contribution in [0.3, 0.4) is 0 Å². The Morgan fingerprint density at radius 2 is 2.00 bits per heavy atom. The lowest BCUT2D eigenvalue weighted by Gasteiger charge is -2.14. The Kier molecular flexibility index (Phi) is 3.22. The fourth-order valence-electron chi connectivity index (χ4n) is 2.01. The molecule has 0 atom stereocenters. The fourth-order valence-corrected chi connectivity index (χ4v) is 2.01. The minimum absolute atomic E-state index is 0.650. The highest BCUT2D eigenvalue weighted by Crippen LogP contribution is 2.07. The topological polar surface area (TPSA) is 34.2 Å². The second-order valence-corrected chi connectivity index (χ2v) is 4.01. The largest absolute Gasteiger partial charge is 0.353 e. The number of hydrogen-bond donors (Lipinski definition) is 1. The van der Waals surface area contributed by atoms with Gasteiger partial charge in [0.15, 0.2) is 0 Å². The van der Waals surface area contributed by atoms with Gasteiger partial charge in [-0.25, -0.2) is 0 Å². The summed E-state index contributed by atoms with van der Waals surface area (Å²) in [6.07, 6.45) is 7.02. The lowest BCUT2D eigenvalue weighted by atomic mass is 10.3. The van der Waals surface area contributed by atoms with Gasteiger partial charge in [-0.2, -0.15) is 0 Å². The number of nitrogens with zero attached hydrogens (tertiary/aromatic N) is 2. The van der Waals surface area contributed by atoms with Gasteiger partial charge in [0.2, 0.25) is 0 Å². The highest BCUT2D eigenvalue weighted by Gasteiger charge is 2.10. The molecule has 0 saturated carbocycles. The molecule has 3 heteroatoms. The van der Waals surface area contributed by atoms with E-state index in [0.717, 1.165) is 6.54 Å². The van der Waals surface area contributed by atoms with E-state index in [9.17, 15) is 0 Å². The molecular weight excluding hydrogens is 174 g/mol. The highest BCUT2D eigenvalue weighted by atomic mass is 15.2. The minimum Gasteiger partial charge on any atom is -0.353 e. The van der Waals surface area contributed by atoms with Crippen molar-refractivity contribution in [2.75, 3.05) is 19.6 Å². The van der Waals surface area contributed by atoms with Gasteiger partial charge in [-0.15, -0.1) is 0 Å². The molecule has 0 bridgehead atoms. The molecule has 2 heterocycles. The zero-order valence-corrected chi connectivity index (χ0v) is 8.65. The molecule has 2 rings (SSSR count). The number of nitrogens with two attached hydrogens (primary N) is 1. The van der Waals surface area contributed by atoms with Gasteiger partial charge in [0.25, 0.3) is 0 Å². The Morgan fingerprint density at radius 1 is 1.21 bits per heavy atom. The molecule has 0 unspecified atom stereocenters. The van der Waals surface area contributed by atoms with Gasteiger partial charge >= 0.3 is 0 Å². The molecule has 1 aromatic rings. The maximum atomic E-state index is 5.56.